The van der Waals surface area contributed by atoms with Gasteiger partial charge in [0, 0.05) is 22.3 Å². The Morgan fingerprint density at radius 3 is 0.679 bits per heavy atom. The van der Waals surface area contributed by atoms with E-state index in [-0.39, 0.29) is 0 Å². The molecule has 0 atom stereocenters. The second-order valence-electron chi connectivity index (χ2n) is 12.8. The molecular weight excluding hydrogens is 1220 g/mol. The third-order valence-electron chi connectivity index (χ3n) is 9.62. The predicted octanol–water partition coefficient (Wildman–Crippen LogP) is 17.3. The maximum atomic E-state index is 5.54. The second kappa shape index (κ2) is 15.8. The molecule has 0 unspecified atom stereocenters. The Morgan fingerprint density at radius 2 is 0.482 bits per heavy atom. The zero-order chi connectivity index (χ0) is 38.8. The normalized spacial score (nSPS) is 12.9. The van der Waals surface area contributed by atoms with Crippen LogP contribution in [-0.4, -0.2) is 19.9 Å². The Kier molecular flexibility index (Phi) is 11.0. The molecule has 2 N–H and O–H groups in total. The van der Waals surface area contributed by atoms with E-state index in [9.17, 15) is 0 Å². The van der Waals surface area contributed by atoms with Gasteiger partial charge in [0.2, 0.25) is 0 Å². The van der Waals surface area contributed by atoms with Gasteiger partial charge in [-0.25, -0.2) is 9.97 Å². The van der Waals surface area contributed by atoms with Crippen molar-refractivity contribution in [2.75, 3.05) is 0 Å². The molecule has 7 aromatic rings. The SMILES string of the molecule is BrC1=C(Br)c2nc1c(-c1ccccc1)c1[nH]c(c(Br)c1Br)c(-c1ccccc1)c1nc(c(-c3ccccc3)c3[nH]c(c(Br)c3Br)c2-c2ccccc2)C(Br)=C1Br. The van der Waals surface area contributed by atoms with Gasteiger partial charge in [-0.2, -0.15) is 0 Å². The van der Waals surface area contributed by atoms with Crippen LogP contribution < -0.4 is 0 Å². The van der Waals surface area contributed by atoms with Gasteiger partial charge in [0.1, 0.15) is 0 Å². The third kappa shape index (κ3) is 6.51. The standard InChI is InChI=1S/C44H22Br8N4/c45-29-31(47)39-26(22-15-7-2-8-16-22)41-33(49)35(51)43(55-41)28(24-19-11-4-12-20-24)44-36(52)34(50)42(56-44)27(23-17-9-3-10-18-23)40-32(48)30(46)38(54-40)25(37(29)53-39)21-13-5-1-6-14-21/h1-20,53,56H. The zero-order valence-electron chi connectivity index (χ0n) is 28.5. The van der Waals surface area contributed by atoms with Gasteiger partial charge >= 0.3 is 0 Å². The predicted molar refractivity (Wildman–Crippen MR) is 263 cm³/mol. The Labute approximate surface area is 389 Å². The lowest BCUT2D eigenvalue weighted by Crippen LogP contribution is -1.91. The van der Waals surface area contributed by atoms with Crippen molar-refractivity contribution in [1.29, 1.82) is 0 Å². The minimum Gasteiger partial charge on any atom is -0.352 e. The third-order valence-corrected chi connectivity index (χ3v) is 18.0. The molecule has 4 aromatic carbocycles. The maximum Gasteiger partial charge on any atom is 0.0891 e. The molecule has 0 radical (unpaired) electrons. The summed E-state index contributed by atoms with van der Waals surface area (Å²) < 4.78 is 6.69. The number of nitrogens with one attached hydrogen (secondary N) is 2. The number of benzene rings is 4. The molecule has 0 aliphatic carbocycles. The lowest BCUT2D eigenvalue weighted by Gasteiger charge is -2.07. The van der Waals surface area contributed by atoms with Crippen molar-refractivity contribution in [3.8, 4) is 44.5 Å². The molecule has 2 aliphatic heterocycles. The van der Waals surface area contributed by atoms with Crippen LogP contribution in [0.1, 0.15) is 22.8 Å². The summed E-state index contributed by atoms with van der Waals surface area (Å²) >= 11 is 32.2. The highest BCUT2D eigenvalue weighted by molar-refractivity contribution is 9.18. The summed E-state index contributed by atoms with van der Waals surface area (Å²) in [6.45, 7) is 0. The summed E-state index contributed by atoms with van der Waals surface area (Å²) in [5.74, 6) is 0. The number of aromatic amines is 2. The number of halogens is 8. The van der Waals surface area contributed by atoms with Crippen LogP contribution in [0.3, 0.4) is 0 Å². The molecule has 0 saturated heterocycles. The number of aromatic nitrogens is 4. The van der Waals surface area contributed by atoms with E-state index in [0.717, 1.165) is 125 Å². The summed E-state index contributed by atoms with van der Waals surface area (Å²) in [5, 5.41) is 0. The van der Waals surface area contributed by atoms with Crippen molar-refractivity contribution in [2.45, 2.75) is 0 Å². The molecule has 5 heterocycles. The largest absolute Gasteiger partial charge is 0.352 e. The smallest absolute Gasteiger partial charge is 0.0891 e. The van der Waals surface area contributed by atoms with Gasteiger partial charge < -0.3 is 9.97 Å². The van der Waals surface area contributed by atoms with Gasteiger partial charge in [-0.1, -0.05) is 121 Å². The van der Waals surface area contributed by atoms with Crippen molar-refractivity contribution < 1.29 is 0 Å². The molecule has 0 amide bonds. The molecule has 0 fully saturated rings. The molecule has 12 heteroatoms. The lowest BCUT2D eigenvalue weighted by atomic mass is 10.0. The molecular formula is C44H22Br8N4. The lowest BCUT2D eigenvalue weighted by molar-refractivity contribution is 1.31. The average molecular weight is 1250 g/mol. The number of hydrogen-bond donors (Lipinski definition) is 2. The van der Waals surface area contributed by atoms with Gasteiger partial charge in [0.05, 0.1) is 80.7 Å². The molecule has 274 valence electrons. The highest BCUT2D eigenvalue weighted by Gasteiger charge is 2.30. The first-order valence-electron chi connectivity index (χ1n) is 17.0. The molecule has 56 heavy (non-hydrogen) atoms. The summed E-state index contributed by atoms with van der Waals surface area (Å²) in [6.07, 6.45) is 0. The van der Waals surface area contributed by atoms with E-state index in [0.29, 0.717) is 0 Å². The summed E-state index contributed by atoms with van der Waals surface area (Å²) in [6, 6.07) is 41.3. The number of rotatable bonds is 4. The van der Waals surface area contributed by atoms with Gasteiger partial charge in [0.25, 0.3) is 0 Å². The van der Waals surface area contributed by atoms with Crippen LogP contribution in [-0.2, 0) is 0 Å². The van der Waals surface area contributed by atoms with E-state index in [1.807, 2.05) is 72.8 Å². The molecule has 2 aliphatic rings. The van der Waals surface area contributed by atoms with Crippen LogP contribution in [0.15, 0.2) is 139 Å². The number of hydrogen-bond acceptors (Lipinski definition) is 2. The second-order valence-corrected chi connectivity index (χ2v) is 19.2. The first kappa shape index (κ1) is 38.8. The Morgan fingerprint density at radius 1 is 0.286 bits per heavy atom. The average Bonchev–Trinajstić information content (AvgIpc) is 3.89. The van der Waals surface area contributed by atoms with E-state index in [4.69, 9.17) is 9.97 Å². The fourth-order valence-corrected chi connectivity index (χ4v) is 11.0. The highest BCUT2D eigenvalue weighted by Crippen LogP contribution is 2.53. The molecule has 3 aromatic heterocycles. The Bertz CT molecular complexity index is 2580. The minimum atomic E-state index is 0.761. The van der Waals surface area contributed by atoms with Gasteiger partial charge in [-0.3, -0.25) is 0 Å². The Balaban J connectivity index is 1.63. The van der Waals surface area contributed by atoms with Crippen LogP contribution >= 0.6 is 127 Å². The minimum absolute atomic E-state index is 0.761. The summed E-state index contributed by atoms with van der Waals surface area (Å²) in [7, 11) is 0. The van der Waals surface area contributed by atoms with Crippen LogP contribution in [0.25, 0.3) is 84.5 Å². The van der Waals surface area contributed by atoms with Crippen LogP contribution in [0, 0.1) is 0 Å². The van der Waals surface area contributed by atoms with Crippen molar-refractivity contribution >= 4 is 167 Å². The van der Waals surface area contributed by atoms with Crippen molar-refractivity contribution in [1.82, 2.24) is 19.9 Å². The Hall–Kier alpha value is -2.68. The van der Waals surface area contributed by atoms with E-state index in [1.165, 1.54) is 0 Å². The quantitative estimate of drug-likeness (QED) is 0.185. The first-order valence-corrected chi connectivity index (χ1v) is 23.4. The van der Waals surface area contributed by atoms with Crippen molar-refractivity contribution in [3.05, 3.63) is 162 Å². The molecule has 8 bridgehead atoms. The van der Waals surface area contributed by atoms with Gasteiger partial charge in [-0.15, -0.1) is 0 Å². The van der Waals surface area contributed by atoms with Crippen LogP contribution in [0.4, 0.5) is 0 Å². The summed E-state index contributed by atoms with van der Waals surface area (Å²) in [5.41, 5.74) is 14.0. The van der Waals surface area contributed by atoms with Crippen molar-refractivity contribution in [2.24, 2.45) is 0 Å². The van der Waals surface area contributed by atoms with Gasteiger partial charge in [0.15, 0.2) is 0 Å². The van der Waals surface area contributed by atoms with Crippen LogP contribution in [0.5, 0.6) is 0 Å². The van der Waals surface area contributed by atoms with Gasteiger partial charge in [-0.05, 0) is 150 Å². The number of H-pyrrole nitrogens is 2. The number of fused-ring (bicyclic) bond motifs is 8. The van der Waals surface area contributed by atoms with E-state index in [1.54, 1.807) is 0 Å². The fourth-order valence-electron chi connectivity index (χ4n) is 7.11. The van der Waals surface area contributed by atoms with E-state index in [2.05, 4.69) is 186 Å². The van der Waals surface area contributed by atoms with E-state index >= 15 is 0 Å². The topological polar surface area (TPSA) is 57.4 Å². The highest BCUT2D eigenvalue weighted by atomic mass is 79.9. The monoisotopic (exact) mass is 1240 g/mol. The summed E-state index contributed by atoms with van der Waals surface area (Å²) in [4.78, 5) is 18.8. The molecule has 4 nitrogen and oxygen atoms in total. The van der Waals surface area contributed by atoms with Crippen LogP contribution in [0.2, 0.25) is 0 Å². The molecule has 0 spiro atoms. The maximum absolute atomic E-state index is 5.54. The number of nitrogens with zero attached hydrogens (tertiary/aromatic N) is 2. The zero-order valence-corrected chi connectivity index (χ0v) is 41.2. The van der Waals surface area contributed by atoms with E-state index < -0.39 is 0 Å². The molecule has 0 saturated carbocycles. The first-order chi connectivity index (χ1) is 27.2. The fraction of sp³-hybridized carbons (Fsp3) is 0. The van der Waals surface area contributed by atoms with Crippen molar-refractivity contribution in [3.63, 3.8) is 0 Å². The molecule has 9 rings (SSSR count).